The van der Waals surface area contributed by atoms with E-state index in [-0.39, 0.29) is 11.8 Å². The average Bonchev–Trinajstić information content (AvgIpc) is 3.20. The van der Waals surface area contributed by atoms with E-state index in [0.717, 1.165) is 42.3 Å². The third-order valence-corrected chi connectivity index (χ3v) is 4.12. The lowest BCUT2D eigenvalue weighted by Crippen LogP contribution is -2.30. The number of para-hydroxylation sites is 1. The minimum absolute atomic E-state index is 0.0182. The van der Waals surface area contributed by atoms with Gasteiger partial charge in [-0.2, -0.15) is 0 Å². The minimum atomic E-state index is -0.234. The third-order valence-electron chi connectivity index (χ3n) is 4.12. The molecule has 0 saturated carbocycles. The molecule has 0 aliphatic carbocycles. The molecule has 1 N–H and O–H groups in total. The highest BCUT2D eigenvalue weighted by atomic mass is 16.5. The van der Waals surface area contributed by atoms with Crippen LogP contribution >= 0.6 is 0 Å². The second-order valence-electron chi connectivity index (χ2n) is 5.41. The highest BCUT2D eigenvalue weighted by Gasteiger charge is 2.30. The highest BCUT2D eigenvalue weighted by Crippen LogP contribution is 2.33. The van der Waals surface area contributed by atoms with Gasteiger partial charge in [-0.1, -0.05) is 18.2 Å². The summed E-state index contributed by atoms with van der Waals surface area (Å²) < 4.78 is 7.65. The topological polar surface area (TPSA) is 69.0 Å². The van der Waals surface area contributed by atoms with Crippen molar-refractivity contribution >= 4 is 5.91 Å². The van der Waals surface area contributed by atoms with E-state index < -0.39 is 0 Å². The summed E-state index contributed by atoms with van der Waals surface area (Å²) in [7, 11) is 0. The Balaban J connectivity index is 1.45. The predicted molar refractivity (Wildman–Crippen MR) is 74.9 cm³/mol. The van der Waals surface area contributed by atoms with Crippen LogP contribution in [-0.4, -0.2) is 27.3 Å². The molecule has 2 aliphatic rings. The molecule has 4 rings (SSSR count). The molecule has 3 heterocycles. The molecule has 0 spiro atoms. The number of rotatable bonds is 3. The first-order chi connectivity index (χ1) is 10.3. The molecule has 0 bridgehead atoms. The minimum Gasteiger partial charge on any atom is -0.492 e. The Hall–Kier alpha value is -2.37. The molecule has 2 aromatic rings. The molecular formula is C15H16N4O2. The Labute approximate surface area is 122 Å². The Morgan fingerprint density at radius 2 is 2.29 bits per heavy atom. The van der Waals surface area contributed by atoms with Crippen LogP contribution in [0.2, 0.25) is 0 Å². The Morgan fingerprint density at radius 3 is 3.24 bits per heavy atom. The first-order valence-electron chi connectivity index (χ1n) is 7.23. The fraction of sp³-hybridized carbons (Fsp3) is 0.400. The van der Waals surface area contributed by atoms with Gasteiger partial charge in [0.15, 0.2) is 5.82 Å². The maximum Gasteiger partial charge on any atom is 0.231 e. The number of aryl methyl sites for hydroxylation is 1. The number of ether oxygens (including phenoxy) is 1. The van der Waals surface area contributed by atoms with Gasteiger partial charge in [0.05, 0.1) is 6.54 Å². The van der Waals surface area contributed by atoms with Gasteiger partial charge in [0.2, 0.25) is 5.91 Å². The summed E-state index contributed by atoms with van der Waals surface area (Å²) in [6.07, 6.45) is 2.08. The molecule has 0 radical (unpaired) electrons. The Morgan fingerprint density at radius 1 is 1.38 bits per heavy atom. The van der Waals surface area contributed by atoms with Gasteiger partial charge in [-0.05, 0) is 12.5 Å². The van der Waals surface area contributed by atoms with Gasteiger partial charge in [0.1, 0.15) is 24.1 Å². The maximum absolute atomic E-state index is 12.4. The van der Waals surface area contributed by atoms with Gasteiger partial charge < -0.3 is 14.6 Å². The first kappa shape index (κ1) is 12.4. The molecule has 1 aromatic heterocycles. The van der Waals surface area contributed by atoms with Gasteiger partial charge >= 0.3 is 0 Å². The summed E-state index contributed by atoms with van der Waals surface area (Å²) in [4.78, 5) is 12.4. The molecule has 108 valence electrons. The van der Waals surface area contributed by atoms with Crippen LogP contribution in [0.15, 0.2) is 24.3 Å². The Kier molecular flexibility index (Phi) is 2.87. The van der Waals surface area contributed by atoms with E-state index in [9.17, 15) is 4.79 Å². The number of carbonyl (C=O) groups excluding carboxylic acids is 1. The van der Waals surface area contributed by atoms with E-state index in [1.807, 2.05) is 24.3 Å². The lowest BCUT2D eigenvalue weighted by Gasteiger charge is -2.10. The van der Waals surface area contributed by atoms with Crippen LogP contribution in [0, 0.1) is 0 Å². The van der Waals surface area contributed by atoms with Crippen molar-refractivity contribution in [3.63, 3.8) is 0 Å². The lowest BCUT2D eigenvalue weighted by molar-refractivity contribution is -0.122. The van der Waals surface area contributed by atoms with Crippen molar-refractivity contribution in [3.8, 4) is 5.75 Å². The van der Waals surface area contributed by atoms with Gasteiger partial charge in [-0.15, -0.1) is 10.2 Å². The van der Waals surface area contributed by atoms with Crippen molar-refractivity contribution in [2.45, 2.75) is 31.8 Å². The van der Waals surface area contributed by atoms with Crippen molar-refractivity contribution in [1.29, 1.82) is 0 Å². The van der Waals surface area contributed by atoms with Crippen LogP contribution in [0.3, 0.4) is 0 Å². The quantitative estimate of drug-likeness (QED) is 0.913. The van der Waals surface area contributed by atoms with Crippen LogP contribution in [0.25, 0.3) is 0 Å². The molecule has 6 nitrogen and oxygen atoms in total. The normalized spacial score (nSPS) is 19.0. The second-order valence-corrected chi connectivity index (χ2v) is 5.41. The van der Waals surface area contributed by atoms with Gasteiger partial charge in [0.25, 0.3) is 0 Å². The number of amides is 1. The van der Waals surface area contributed by atoms with E-state index >= 15 is 0 Å². The molecule has 6 heteroatoms. The largest absolute Gasteiger partial charge is 0.492 e. The monoisotopic (exact) mass is 284 g/mol. The zero-order valence-electron chi connectivity index (χ0n) is 11.6. The number of nitrogens with one attached hydrogen (secondary N) is 1. The van der Waals surface area contributed by atoms with Crippen LogP contribution < -0.4 is 10.1 Å². The molecule has 1 unspecified atom stereocenters. The highest BCUT2D eigenvalue weighted by molar-refractivity contribution is 5.85. The summed E-state index contributed by atoms with van der Waals surface area (Å²) in [6.45, 7) is 1.77. The van der Waals surface area contributed by atoms with Gasteiger partial charge in [-0.3, -0.25) is 4.79 Å². The zero-order valence-corrected chi connectivity index (χ0v) is 11.6. The summed E-state index contributed by atoms with van der Waals surface area (Å²) in [5.74, 6) is 2.41. The maximum atomic E-state index is 12.4. The zero-order chi connectivity index (χ0) is 14.2. The molecule has 0 fully saturated rings. The predicted octanol–water partition coefficient (Wildman–Crippen LogP) is 1.02. The summed E-state index contributed by atoms with van der Waals surface area (Å²) >= 11 is 0. The number of carbonyl (C=O) groups is 1. The first-order valence-corrected chi connectivity index (χ1v) is 7.23. The van der Waals surface area contributed by atoms with Crippen molar-refractivity contribution in [2.24, 2.45) is 0 Å². The number of nitrogens with zero attached hydrogens (tertiary/aromatic N) is 3. The summed E-state index contributed by atoms with van der Waals surface area (Å²) in [5, 5.41) is 11.2. The molecule has 1 amide bonds. The molecule has 1 aromatic carbocycles. The van der Waals surface area contributed by atoms with Gasteiger partial charge in [0, 0.05) is 18.5 Å². The number of hydrogen-bond acceptors (Lipinski definition) is 4. The second kappa shape index (κ2) is 4.87. The van der Waals surface area contributed by atoms with E-state index in [4.69, 9.17) is 4.74 Å². The van der Waals surface area contributed by atoms with Crippen LogP contribution in [-0.2, 0) is 24.3 Å². The average molecular weight is 284 g/mol. The lowest BCUT2D eigenvalue weighted by atomic mass is 10.0. The van der Waals surface area contributed by atoms with Crippen molar-refractivity contribution in [2.75, 3.05) is 6.61 Å². The van der Waals surface area contributed by atoms with Crippen LogP contribution in [0.1, 0.15) is 29.6 Å². The smallest absolute Gasteiger partial charge is 0.231 e. The Bertz CT molecular complexity index is 695. The number of fused-ring (bicyclic) bond motifs is 2. The fourth-order valence-electron chi connectivity index (χ4n) is 3.01. The van der Waals surface area contributed by atoms with Crippen LogP contribution in [0.5, 0.6) is 5.75 Å². The summed E-state index contributed by atoms with van der Waals surface area (Å²) in [5.41, 5.74) is 0.960. The van der Waals surface area contributed by atoms with Crippen molar-refractivity contribution in [1.82, 2.24) is 20.1 Å². The standard InChI is InChI=1S/C15H16N4O2/c20-15(11-9-21-12-5-2-1-4-10(11)12)16-8-14-18-17-13-6-3-7-19(13)14/h1-2,4-5,11H,3,6-9H2,(H,16,20). The van der Waals surface area contributed by atoms with E-state index in [1.54, 1.807) is 0 Å². The van der Waals surface area contributed by atoms with E-state index in [2.05, 4.69) is 20.1 Å². The fourth-order valence-corrected chi connectivity index (χ4v) is 3.01. The number of benzene rings is 1. The number of hydrogen-bond donors (Lipinski definition) is 1. The van der Waals surface area contributed by atoms with Gasteiger partial charge in [-0.25, -0.2) is 0 Å². The summed E-state index contributed by atoms with van der Waals surface area (Å²) in [6, 6.07) is 7.69. The van der Waals surface area contributed by atoms with Crippen molar-refractivity contribution in [3.05, 3.63) is 41.5 Å². The molecule has 1 atom stereocenters. The van der Waals surface area contributed by atoms with E-state index in [1.165, 1.54) is 0 Å². The third kappa shape index (κ3) is 2.07. The molecular weight excluding hydrogens is 268 g/mol. The number of aromatic nitrogens is 3. The van der Waals surface area contributed by atoms with Crippen molar-refractivity contribution < 1.29 is 9.53 Å². The van der Waals surface area contributed by atoms with Crippen LogP contribution in [0.4, 0.5) is 0 Å². The molecule has 2 aliphatic heterocycles. The molecule has 0 saturated heterocycles. The van der Waals surface area contributed by atoms with E-state index in [0.29, 0.717) is 13.2 Å². The molecule has 21 heavy (non-hydrogen) atoms. The SMILES string of the molecule is O=C(NCc1nnc2n1CCC2)C1COc2ccccc21.